The van der Waals surface area contributed by atoms with Gasteiger partial charge >= 0.3 is 0 Å². The van der Waals surface area contributed by atoms with Gasteiger partial charge in [-0.05, 0) is 37.5 Å². The summed E-state index contributed by atoms with van der Waals surface area (Å²) < 4.78 is 6.71. The molecule has 0 radical (unpaired) electrons. The molecular weight excluding hydrogens is 330 g/mol. The summed E-state index contributed by atoms with van der Waals surface area (Å²) in [5.74, 6) is -0.0659. The molecule has 0 unspecified atom stereocenters. The van der Waals surface area contributed by atoms with Crippen molar-refractivity contribution in [2.75, 3.05) is 12.8 Å². The first-order chi connectivity index (χ1) is 12.2. The number of primary amides is 1. The number of aryl methyl sites for hydroxylation is 1. The fraction of sp³-hybridized carbons (Fsp3) is 0.400. The van der Waals surface area contributed by atoms with Crippen molar-refractivity contribution in [3.63, 3.8) is 0 Å². The van der Waals surface area contributed by atoms with Gasteiger partial charge in [0.1, 0.15) is 11.6 Å². The van der Waals surface area contributed by atoms with Gasteiger partial charge in [0, 0.05) is 11.1 Å². The Morgan fingerprint density at radius 1 is 1.19 bits per heavy atom. The fourth-order valence-corrected chi connectivity index (χ4v) is 2.87. The molecule has 1 amide bonds. The highest BCUT2D eigenvalue weighted by molar-refractivity contribution is 5.97. The Morgan fingerprint density at radius 2 is 1.77 bits per heavy atom. The summed E-state index contributed by atoms with van der Waals surface area (Å²) in [5.41, 5.74) is 14.2. The average Bonchev–Trinajstić information content (AvgIpc) is 2.59. The number of pyridine rings is 1. The number of benzene rings is 1. The standard InChI is InChI=1S/C18H23N3O3.C2H6/c1-9(2)12-8-13(17(20)22)16(19)21(18(12)23)15-10(3)6-7-14(24-5)11(15)4;1-2/h6-9H,19H2,1-5H3,(H2,20,22);1-2H3. The van der Waals surface area contributed by atoms with Crippen LogP contribution in [0.3, 0.4) is 0 Å². The molecule has 1 heterocycles. The third-order valence-corrected chi connectivity index (χ3v) is 4.18. The van der Waals surface area contributed by atoms with Crippen molar-refractivity contribution in [3.8, 4) is 11.4 Å². The summed E-state index contributed by atoms with van der Waals surface area (Å²) in [6.45, 7) is 11.5. The number of amides is 1. The minimum atomic E-state index is -0.665. The normalized spacial score (nSPS) is 10.3. The van der Waals surface area contributed by atoms with E-state index in [4.69, 9.17) is 16.2 Å². The van der Waals surface area contributed by atoms with E-state index >= 15 is 0 Å². The predicted molar refractivity (Wildman–Crippen MR) is 106 cm³/mol. The second-order valence-corrected chi connectivity index (χ2v) is 6.12. The van der Waals surface area contributed by atoms with E-state index in [1.165, 1.54) is 10.6 Å². The van der Waals surface area contributed by atoms with Crippen LogP contribution in [0, 0.1) is 13.8 Å². The number of carbonyl (C=O) groups is 1. The lowest BCUT2D eigenvalue weighted by Crippen LogP contribution is -2.30. The maximum Gasteiger partial charge on any atom is 0.260 e. The zero-order valence-electron chi connectivity index (χ0n) is 16.6. The number of methoxy groups -OCH3 is 1. The van der Waals surface area contributed by atoms with Crippen LogP contribution in [0.25, 0.3) is 5.69 Å². The highest BCUT2D eigenvalue weighted by Gasteiger charge is 2.21. The van der Waals surface area contributed by atoms with Crippen molar-refractivity contribution < 1.29 is 9.53 Å². The molecule has 1 aromatic heterocycles. The molecule has 2 rings (SSSR count). The van der Waals surface area contributed by atoms with Gasteiger partial charge in [-0.15, -0.1) is 0 Å². The van der Waals surface area contributed by atoms with Crippen LogP contribution in [0.5, 0.6) is 5.75 Å². The number of anilines is 1. The Hall–Kier alpha value is -2.76. The average molecular weight is 359 g/mol. The zero-order chi connectivity index (χ0) is 20.2. The van der Waals surface area contributed by atoms with Crippen molar-refractivity contribution in [1.82, 2.24) is 4.57 Å². The third kappa shape index (κ3) is 3.74. The van der Waals surface area contributed by atoms with Crippen molar-refractivity contribution in [2.45, 2.75) is 47.5 Å². The molecule has 1 aromatic carbocycles. The Morgan fingerprint density at radius 3 is 2.23 bits per heavy atom. The SMILES string of the molecule is CC.COc1ccc(C)c(-n2c(N)c(C(N)=O)cc(C(C)C)c2=O)c1C. The molecule has 0 bridgehead atoms. The number of nitrogen functional groups attached to an aromatic ring is 1. The Balaban J connectivity index is 0.00000163. The fourth-order valence-electron chi connectivity index (χ4n) is 2.87. The summed E-state index contributed by atoms with van der Waals surface area (Å²) in [4.78, 5) is 24.8. The van der Waals surface area contributed by atoms with Crippen LogP contribution in [0.4, 0.5) is 5.82 Å². The number of nitrogens with two attached hydrogens (primary N) is 2. The van der Waals surface area contributed by atoms with Crippen LogP contribution in [-0.2, 0) is 0 Å². The Kier molecular flexibility index (Phi) is 7.01. The second kappa shape index (κ2) is 8.56. The quantitative estimate of drug-likeness (QED) is 0.874. The summed E-state index contributed by atoms with van der Waals surface area (Å²) in [5, 5.41) is 0. The monoisotopic (exact) mass is 359 g/mol. The molecule has 142 valence electrons. The van der Waals surface area contributed by atoms with Gasteiger partial charge in [-0.2, -0.15) is 0 Å². The first-order valence-corrected chi connectivity index (χ1v) is 8.70. The van der Waals surface area contributed by atoms with E-state index in [9.17, 15) is 9.59 Å². The van der Waals surface area contributed by atoms with Gasteiger partial charge in [-0.3, -0.25) is 14.2 Å². The number of ether oxygens (including phenoxy) is 1. The molecule has 6 heteroatoms. The Labute approximate surface area is 154 Å². The maximum absolute atomic E-state index is 13.0. The van der Waals surface area contributed by atoms with Crippen LogP contribution >= 0.6 is 0 Å². The van der Waals surface area contributed by atoms with Gasteiger partial charge < -0.3 is 16.2 Å². The van der Waals surface area contributed by atoms with Gasteiger partial charge in [0.15, 0.2) is 0 Å². The van der Waals surface area contributed by atoms with E-state index in [0.29, 0.717) is 17.0 Å². The molecule has 0 fully saturated rings. The van der Waals surface area contributed by atoms with Crippen molar-refractivity contribution in [3.05, 3.63) is 50.8 Å². The van der Waals surface area contributed by atoms with Crippen molar-refractivity contribution >= 4 is 11.7 Å². The molecule has 0 spiro atoms. The topological polar surface area (TPSA) is 100 Å². The van der Waals surface area contributed by atoms with E-state index in [-0.39, 0.29) is 22.9 Å². The zero-order valence-corrected chi connectivity index (χ0v) is 16.6. The maximum atomic E-state index is 13.0. The summed E-state index contributed by atoms with van der Waals surface area (Å²) in [7, 11) is 1.56. The molecule has 0 saturated heterocycles. The van der Waals surface area contributed by atoms with Crippen LogP contribution in [-0.4, -0.2) is 17.6 Å². The minimum Gasteiger partial charge on any atom is -0.496 e. The van der Waals surface area contributed by atoms with E-state index in [1.54, 1.807) is 7.11 Å². The molecular formula is C20H29N3O3. The van der Waals surface area contributed by atoms with Gasteiger partial charge in [0.25, 0.3) is 11.5 Å². The van der Waals surface area contributed by atoms with Gasteiger partial charge in [-0.25, -0.2) is 0 Å². The lowest BCUT2D eigenvalue weighted by molar-refractivity contribution is 0.100. The van der Waals surface area contributed by atoms with Gasteiger partial charge in [0.05, 0.1) is 18.4 Å². The van der Waals surface area contributed by atoms with Gasteiger partial charge in [0.2, 0.25) is 0 Å². The minimum absolute atomic E-state index is 0.0383. The molecule has 4 N–H and O–H groups in total. The number of hydrogen-bond donors (Lipinski definition) is 2. The molecule has 6 nitrogen and oxygen atoms in total. The first kappa shape index (κ1) is 21.3. The predicted octanol–water partition coefficient (Wildman–Crippen LogP) is 3.29. The molecule has 2 aromatic rings. The summed E-state index contributed by atoms with van der Waals surface area (Å²) >= 11 is 0. The van der Waals surface area contributed by atoms with E-state index < -0.39 is 5.91 Å². The number of hydrogen-bond acceptors (Lipinski definition) is 4. The number of rotatable bonds is 4. The van der Waals surface area contributed by atoms with Gasteiger partial charge in [-0.1, -0.05) is 33.8 Å². The van der Waals surface area contributed by atoms with E-state index in [0.717, 1.165) is 11.1 Å². The molecule has 0 aliphatic heterocycles. The van der Waals surface area contributed by atoms with Crippen molar-refractivity contribution in [2.24, 2.45) is 5.73 Å². The number of nitrogens with zero attached hydrogens (tertiary/aromatic N) is 1. The van der Waals surface area contributed by atoms with Crippen LogP contribution in [0.15, 0.2) is 23.0 Å². The Bertz CT molecular complexity index is 868. The smallest absolute Gasteiger partial charge is 0.260 e. The molecule has 0 aliphatic rings. The lowest BCUT2D eigenvalue weighted by atomic mass is 10.0. The van der Waals surface area contributed by atoms with Crippen LogP contribution in [0.2, 0.25) is 0 Å². The molecule has 0 aliphatic carbocycles. The van der Waals surface area contributed by atoms with E-state index in [2.05, 4.69) is 0 Å². The summed E-state index contributed by atoms with van der Waals surface area (Å²) in [6, 6.07) is 5.17. The first-order valence-electron chi connectivity index (χ1n) is 8.70. The molecule has 0 saturated carbocycles. The highest BCUT2D eigenvalue weighted by atomic mass is 16.5. The lowest BCUT2D eigenvalue weighted by Gasteiger charge is -2.20. The summed E-state index contributed by atoms with van der Waals surface area (Å²) in [6.07, 6.45) is 0. The second-order valence-electron chi connectivity index (χ2n) is 6.12. The number of carbonyl (C=O) groups excluding carboxylic acids is 1. The van der Waals surface area contributed by atoms with Crippen LogP contribution in [0.1, 0.15) is 60.7 Å². The number of aromatic nitrogens is 1. The van der Waals surface area contributed by atoms with Crippen molar-refractivity contribution in [1.29, 1.82) is 0 Å². The third-order valence-electron chi connectivity index (χ3n) is 4.18. The molecule has 0 atom stereocenters. The highest BCUT2D eigenvalue weighted by Crippen LogP contribution is 2.30. The molecule has 26 heavy (non-hydrogen) atoms. The van der Waals surface area contributed by atoms with Crippen LogP contribution < -0.4 is 21.8 Å². The largest absolute Gasteiger partial charge is 0.496 e. The van der Waals surface area contributed by atoms with E-state index in [1.807, 2.05) is 53.7 Å².